The lowest BCUT2D eigenvalue weighted by Gasteiger charge is -2.39. The second-order valence-corrected chi connectivity index (χ2v) is 8.39. The van der Waals surface area contributed by atoms with Crippen LogP contribution < -0.4 is 5.32 Å². The van der Waals surface area contributed by atoms with Gasteiger partial charge in [-0.25, -0.2) is 0 Å². The summed E-state index contributed by atoms with van der Waals surface area (Å²) in [6, 6.07) is 23.4. The molecule has 5 nitrogen and oxygen atoms in total. The molecule has 0 bridgehead atoms. The normalized spacial score (nSPS) is 18.2. The summed E-state index contributed by atoms with van der Waals surface area (Å²) < 4.78 is 0. The summed E-state index contributed by atoms with van der Waals surface area (Å²) in [6.45, 7) is 3.02. The van der Waals surface area contributed by atoms with Gasteiger partial charge in [0.15, 0.2) is 0 Å². The third-order valence-electron chi connectivity index (χ3n) is 6.07. The van der Waals surface area contributed by atoms with Crippen LogP contribution in [0.5, 0.6) is 0 Å². The molecule has 0 radical (unpaired) electrons. The first-order chi connectivity index (χ1) is 15.6. The average Bonchev–Trinajstić information content (AvgIpc) is 2.84. The van der Waals surface area contributed by atoms with Crippen molar-refractivity contribution >= 4 is 11.8 Å². The molecule has 3 aromatic rings. The molecule has 1 saturated heterocycles. The fourth-order valence-corrected chi connectivity index (χ4v) is 4.38. The van der Waals surface area contributed by atoms with Gasteiger partial charge in [0, 0.05) is 37.0 Å². The highest BCUT2D eigenvalue weighted by atomic mass is 16.2. The topological polar surface area (TPSA) is 62.3 Å². The van der Waals surface area contributed by atoms with Gasteiger partial charge >= 0.3 is 0 Å². The predicted octanol–water partition coefficient (Wildman–Crippen LogP) is 4.34. The standard InChI is InChI=1S/C27H29N3O2/c1-20-8-7-11-22(18-20)25-14-13-23(19-30(25)27(32)21-9-3-2-4-10-21)26(31)29-17-15-24-12-5-6-16-28-24/h2-12,16,18,23,25H,13-15,17,19H2,1H3,(H,29,31)/t23-,25+/m1/s1. The zero-order valence-electron chi connectivity index (χ0n) is 18.4. The van der Waals surface area contributed by atoms with Gasteiger partial charge in [-0.15, -0.1) is 0 Å². The number of nitrogens with one attached hydrogen (secondary N) is 1. The number of rotatable bonds is 6. The number of amides is 2. The van der Waals surface area contributed by atoms with E-state index in [-0.39, 0.29) is 23.8 Å². The molecule has 2 heterocycles. The molecule has 2 aromatic carbocycles. The van der Waals surface area contributed by atoms with Gasteiger partial charge in [0.25, 0.3) is 5.91 Å². The number of piperidine rings is 1. The highest BCUT2D eigenvalue weighted by Crippen LogP contribution is 2.35. The Morgan fingerprint density at radius 1 is 1.00 bits per heavy atom. The summed E-state index contributed by atoms with van der Waals surface area (Å²) in [6.07, 6.45) is 3.97. The minimum atomic E-state index is -0.215. The Hall–Kier alpha value is -3.47. The van der Waals surface area contributed by atoms with Crippen molar-refractivity contribution in [2.45, 2.75) is 32.2 Å². The third-order valence-corrected chi connectivity index (χ3v) is 6.07. The van der Waals surface area contributed by atoms with Crippen LogP contribution in [0.4, 0.5) is 0 Å². The molecule has 2 atom stereocenters. The lowest BCUT2D eigenvalue weighted by atomic mass is 9.87. The molecule has 4 rings (SSSR count). The molecule has 1 N–H and O–H groups in total. The molecule has 2 amide bonds. The summed E-state index contributed by atoms with van der Waals surface area (Å²) >= 11 is 0. The van der Waals surface area contributed by atoms with E-state index in [0.717, 1.165) is 24.1 Å². The summed E-state index contributed by atoms with van der Waals surface area (Å²) in [5.74, 6) is -0.231. The van der Waals surface area contributed by atoms with Gasteiger partial charge in [-0.1, -0.05) is 54.1 Å². The van der Waals surface area contributed by atoms with Crippen molar-refractivity contribution in [1.82, 2.24) is 15.2 Å². The van der Waals surface area contributed by atoms with Crippen molar-refractivity contribution in [3.8, 4) is 0 Å². The minimum absolute atomic E-state index is 0.00878. The number of pyridine rings is 1. The lowest BCUT2D eigenvalue weighted by molar-refractivity contribution is -0.126. The molecule has 0 saturated carbocycles. The molecular formula is C27H29N3O2. The summed E-state index contributed by atoms with van der Waals surface area (Å²) in [7, 11) is 0. The van der Waals surface area contributed by atoms with Crippen LogP contribution in [0, 0.1) is 12.8 Å². The maximum atomic E-state index is 13.4. The zero-order valence-corrected chi connectivity index (χ0v) is 18.4. The fourth-order valence-electron chi connectivity index (χ4n) is 4.38. The van der Waals surface area contributed by atoms with E-state index in [2.05, 4.69) is 35.4 Å². The summed E-state index contributed by atoms with van der Waals surface area (Å²) in [4.78, 5) is 32.5. The number of hydrogen-bond donors (Lipinski definition) is 1. The van der Waals surface area contributed by atoms with Gasteiger partial charge < -0.3 is 10.2 Å². The quantitative estimate of drug-likeness (QED) is 0.636. The Morgan fingerprint density at radius 2 is 1.81 bits per heavy atom. The van der Waals surface area contributed by atoms with E-state index < -0.39 is 0 Å². The van der Waals surface area contributed by atoms with Crippen molar-refractivity contribution in [2.24, 2.45) is 5.92 Å². The highest BCUT2D eigenvalue weighted by molar-refractivity contribution is 5.95. The third kappa shape index (κ3) is 5.22. The van der Waals surface area contributed by atoms with Crippen molar-refractivity contribution in [2.75, 3.05) is 13.1 Å². The number of hydrogen-bond acceptors (Lipinski definition) is 3. The summed E-state index contributed by atoms with van der Waals surface area (Å²) in [5, 5.41) is 3.05. The van der Waals surface area contributed by atoms with Crippen molar-refractivity contribution in [1.29, 1.82) is 0 Å². The molecule has 164 valence electrons. The van der Waals surface area contributed by atoms with E-state index in [1.54, 1.807) is 6.20 Å². The Labute approximate surface area is 189 Å². The molecule has 1 fully saturated rings. The lowest BCUT2D eigenvalue weighted by Crippen LogP contribution is -2.47. The Bertz CT molecular complexity index is 1050. The van der Waals surface area contributed by atoms with Gasteiger partial charge in [0.05, 0.1) is 12.0 Å². The monoisotopic (exact) mass is 427 g/mol. The van der Waals surface area contributed by atoms with Gasteiger partial charge in [0.2, 0.25) is 5.91 Å². The van der Waals surface area contributed by atoms with E-state index in [1.165, 1.54) is 5.56 Å². The van der Waals surface area contributed by atoms with Crippen molar-refractivity contribution < 1.29 is 9.59 Å². The maximum Gasteiger partial charge on any atom is 0.254 e. The van der Waals surface area contributed by atoms with E-state index >= 15 is 0 Å². The number of benzene rings is 2. The smallest absolute Gasteiger partial charge is 0.254 e. The van der Waals surface area contributed by atoms with Crippen LogP contribution in [0.1, 0.15) is 46.1 Å². The Balaban J connectivity index is 1.47. The van der Waals surface area contributed by atoms with Crippen LogP contribution in [0.15, 0.2) is 79.0 Å². The van der Waals surface area contributed by atoms with Gasteiger partial charge in [-0.2, -0.15) is 0 Å². The Morgan fingerprint density at radius 3 is 2.56 bits per heavy atom. The molecule has 0 unspecified atom stereocenters. The number of aryl methyl sites for hydroxylation is 1. The second kappa shape index (κ2) is 10.2. The van der Waals surface area contributed by atoms with E-state index in [1.807, 2.05) is 59.5 Å². The molecule has 0 spiro atoms. The van der Waals surface area contributed by atoms with Crippen LogP contribution in [-0.2, 0) is 11.2 Å². The van der Waals surface area contributed by atoms with Gasteiger partial charge in [0.1, 0.15) is 0 Å². The second-order valence-electron chi connectivity index (χ2n) is 8.39. The molecule has 0 aliphatic carbocycles. The SMILES string of the molecule is Cc1cccc([C@@H]2CC[C@@H](C(=O)NCCc3ccccn3)CN2C(=O)c2ccccc2)c1. The van der Waals surface area contributed by atoms with Crippen LogP contribution in [0.25, 0.3) is 0 Å². The first-order valence-corrected chi connectivity index (χ1v) is 11.2. The largest absolute Gasteiger partial charge is 0.355 e. The number of nitrogens with zero attached hydrogens (tertiary/aromatic N) is 2. The summed E-state index contributed by atoms with van der Waals surface area (Å²) in [5.41, 5.74) is 3.91. The first-order valence-electron chi connectivity index (χ1n) is 11.2. The van der Waals surface area contributed by atoms with E-state index in [9.17, 15) is 9.59 Å². The van der Waals surface area contributed by atoms with Gasteiger partial charge in [-0.3, -0.25) is 14.6 Å². The molecule has 5 heteroatoms. The molecule has 1 aliphatic rings. The van der Waals surface area contributed by atoms with Crippen molar-refractivity contribution in [3.63, 3.8) is 0 Å². The van der Waals surface area contributed by atoms with Crippen LogP contribution >= 0.6 is 0 Å². The van der Waals surface area contributed by atoms with Crippen molar-refractivity contribution in [3.05, 3.63) is 101 Å². The zero-order chi connectivity index (χ0) is 22.3. The number of carbonyl (C=O) groups excluding carboxylic acids is 2. The van der Waals surface area contributed by atoms with E-state index in [0.29, 0.717) is 25.1 Å². The predicted molar refractivity (Wildman–Crippen MR) is 125 cm³/mol. The van der Waals surface area contributed by atoms with E-state index in [4.69, 9.17) is 0 Å². The maximum absolute atomic E-state index is 13.4. The van der Waals surface area contributed by atoms with Crippen LogP contribution in [0.3, 0.4) is 0 Å². The number of carbonyl (C=O) groups is 2. The Kier molecular flexibility index (Phi) is 6.95. The molecule has 1 aliphatic heterocycles. The molecule has 32 heavy (non-hydrogen) atoms. The molecule has 1 aromatic heterocycles. The minimum Gasteiger partial charge on any atom is -0.355 e. The van der Waals surface area contributed by atoms with Gasteiger partial charge in [-0.05, 0) is 49.6 Å². The number of likely N-dealkylation sites (tertiary alicyclic amines) is 1. The number of aromatic nitrogens is 1. The van der Waals surface area contributed by atoms with Crippen LogP contribution in [-0.4, -0.2) is 34.8 Å². The first kappa shape index (κ1) is 21.8. The van der Waals surface area contributed by atoms with Crippen LogP contribution in [0.2, 0.25) is 0 Å². The highest BCUT2D eigenvalue weighted by Gasteiger charge is 2.35. The average molecular weight is 428 g/mol. The molecular weight excluding hydrogens is 398 g/mol. The fraction of sp³-hybridized carbons (Fsp3) is 0.296.